The summed E-state index contributed by atoms with van der Waals surface area (Å²) in [6.45, 7) is 2.05. The van der Waals surface area contributed by atoms with Gasteiger partial charge in [-0.25, -0.2) is 0 Å². The predicted octanol–water partition coefficient (Wildman–Crippen LogP) is 3.97. The van der Waals surface area contributed by atoms with Gasteiger partial charge in [0.15, 0.2) is 0 Å². The second-order valence-electron chi connectivity index (χ2n) is 5.25. The van der Waals surface area contributed by atoms with Crippen LogP contribution in [0.3, 0.4) is 0 Å². The summed E-state index contributed by atoms with van der Waals surface area (Å²) in [6, 6.07) is 9.94. The molecule has 0 saturated heterocycles. The summed E-state index contributed by atoms with van der Waals surface area (Å²) in [7, 11) is 0. The maximum Gasteiger partial charge on any atom is 0.224 e. The molecule has 0 radical (unpaired) electrons. The molecule has 0 saturated carbocycles. The van der Waals surface area contributed by atoms with Crippen molar-refractivity contribution in [2.45, 2.75) is 19.8 Å². The average Bonchev–Trinajstić information content (AvgIpc) is 2.44. The second-order valence-corrected chi connectivity index (χ2v) is 6.11. The van der Waals surface area contributed by atoms with Gasteiger partial charge in [0.25, 0.3) is 0 Å². The molecule has 4 nitrogen and oxygen atoms in total. The van der Waals surface area contributed by atoms with E-state index in [9.17, 15) is 4.79 Å². The molecule has 1 aliphatic rings. The van der Waals surface area contributed by atoms with Crippen molar-refractivity contribution in [3.8, 4) is 0 Å². The number of hydrogen-bond acceptors (Lipinski definition) is 3. The highest BCUT2D eigenvalue weighted by Gasteiger charge is 2.17. The van der Waals surface area contributed by atoms with Crippen LogP contribution >= 0.6 is 15.9 Å². The zero-order valence-electron chi connectivity index (χ0n) is 11.7. The quantitative estimate of drug-likeness (QED) is 0.721. The number of fused-ring (bicyclic) bond motifs is 1. The minimum Gasteiger partial charge on any atom is -0.397 e. The maximum absolute atomic E-state index is 11.4. The molecule has 1 amide bonds. The van der Waals surface area contributed by atoms with Crippen LogP contribution in [-0.2, 0) is 11.2 Å². The molecule has 2 aromatic rings. The molecule has 21 heavy (non-hydrogen) atoms. The van der Waals surface area contributed by atoms with Gasteiger partial charge in [0.1, 0.15) is 0 Å². The molecule has 1 heterocycles. The van der Waals surface area contributed by atoms with E-state index in [0.29, 0.717) is 12.1 Å². The number of anilines is 4. The number of nitrogen functional groups attached to an aromatic ring is 1. The van der Waals surface area contributed by atoms with Gasteiger partial charge in [0, 0.05) is 16.6 Å². The van der Waals surface area contributed by atoms with E-state index in [4.69, 9.17) is 5.73 Å². The van der Waals surface area contributed by atoms with Gasteiger partial charge < -0.3 is 16.4 Å². The SMILES string of the molecule is Cc1ccc(Br)c(Nc2cc3c(cc2N)NC(=O)CC3)c1. The van der Waals surface area contributed by atoms with Gasteiger partial charge >= 0.3 is 0 Å². The Kier molecular flexibility index (Phi) is 3.59. The fourth-order valence-corrected chi connectivity index (χ4v) is 2.78. The number of halogens is 1. The van der Waals surface area contributed by atoms with Gasteiger partial charge in [-0.3, -0.25) is 4.79 Å². The zero-order valence-corrected chi connectivity index (χ0v) is 13.3. The summed E-state index contributed by atoms with van der Waals surface area (Å²) in [5.74, 6) is 0.0454. The lowest BCUT2D eigenvalue weighted by atomic mass is 10.0. The van der Waals surface area contributed by atoms with Crippen molar-refractivity contribution < 1.29 is 4.79 Å². The smallest absolute Gasteiger partial charge is 0.224 e. The lowest BCUT2D eigenvalue weighted by Crippen LogP contribution is -2.19. The summed E-state index contributed by atoms with van der Waals surface area (Å²) < 4.78 is 0.985. The van der Waals surface area contributed by atoms with E-state index in [1.807, 2.05) is 31.2 Å². The molecule has 0 fully saturated rings. The molecule has 0 aliphatic carbocycles. The molecule has 2 aromatic carbocycles. The fourth-order valence-electron chi connectivity index (χ4n) is 2.43. The van der Waals surface area contributed by atoms with Crippen molar-refractivity contribution in [1.82, 2.24) is 0 Å². The number of nitrogens with two attached hydrogens (primary N) is 1. The maximum atomic E-state index is 11.4. The van der Waals surface area contributed by atoms with Crippen LogP contribution in [0.1, 0.15) is 17.5 Å². The highest BCUT2D eigenvalue weighted by Crippen LogP contribution is 2.34. The normalized spacial score (nSPS) is 13.5. The fraction of sp³-hybridized carbons (Fsp3) is 0.188. The minimum atomic E-state index is 0.0454. The van der Waals surface area contributed by atoms with Gasteiger partial charge in [-0.15, -0.1) is 0 Å². The molecular formula is C16H16BrN3O. The summed E-state index contributed by atoms with van der Waals surface area (Å²) in [5.41, 5.74) is 11.6. The van der Waals surface area contributed by atoms with Crippen molar-refractivity contribution in [3.05, 3.63) is 45.9 Å². The lowest BCUT2D eigenvalue weighted by Gasteiger charge is -2.20. The number of carbonyl (C=O) groups excluding carboxylic acids is 1. The standard InChI is InChI=1S/C16H16BrN3O/c1-9-2-4-11(17)14(6-9)19-15-7-10-3-5-16(21)20-13(10)8-12(15)18/h2,4,6-8,19H,3,5,18H2,1H3,(H,20,21). The molecule has 4 N–H and O–H groups in total. The van der Waals surface area contributed by atoms with Gasteiger partial charge in [0.2, 0.25) is 5.91 Å². The minimum absolute atomic E-state index is 0.0454. The van der Waals surface area contributed by atoms with E-state index in [1.54, 1.807) is 0 Å². The molecule has 0 unspecified atom stereocenters. The highest BCUT2D eigenvalue weighted by molar-refractivity contribution is 9.10. The van der Waals surface area contributed by atoms with Crippen molar-refractivity contribution in [3.63, 3.8) is 0 Å². The van der Waals surface area contributed by atoms with Crippen LogP contribution < -0.4 is 16.4 Å². The Morgan fingerprint density at radius 3 is 2.81 bits per heavy atom. The van der Waals surface area contributed by atoms with Gasteiger partial charge in [-0.05, 0) is 64.7 Å². The van der Waals surface area contributed by atoms with E-state index in [2.05, 4.69) is 32.6 Å². The van der Waals surface area contributed by atoms with Gasteiger partial charge in [0.05, 0.1) is 17.1 Å². The molecule has 0 atom stereocenters. The number of hydrogen-bond donors (Lipinski definition) is 3. The van der Waals surface area contributed by atoms with Crippen molar-refractivity contribution in [1.29, 1.82) is 0 Å². The first-order valence-corrected chi connectivity index (χ1v) is 7.57. The summed E-state index contributed by atoms with van der Waals surface area (Å²) >= 11 is 3.53. The predicted molar refractivity (Wildman–Crippen MR) is 90.0 cm³/mol. The van der Waals surface area contributed by atoms with Crippen LogP contribution in [0.4, 0.5) is 22.7 Å². The topological polar surface area (TPSA) is 67.2 Å². The highest BCUT2D eigenvalue weighted by atomic mass is 79.9. The monoisotopic (exact) mass is 345 g/mol. The molecule has 3 rings (SSSR count). The van der Waals surface area contributed by atoms with E-state index in [1.165, 1.54) is 5.56 Å². The molecule has 0 bridgehead atoms. The molecule has 0 spiro atoms. The van der Waals surface area contributed by atoms with Gasteiger partial charge in [-0.1, -0.05) is 6.07 Å². The first-order valence-electron chi connectivity index (χ1n) is 6.78. The van der Waals surface area contributed by atoms with Crippen LogP contribution in [0, 0.1) is 6.92 Å². The van der Waals surface area contributed by atoms with E-state index < -0.39 is 0 Å². The Hall–Kier alpha value is -2.01. The molecule has 0 aromatic heterocycles. The summed E-state index contributed by atoms with van der Waals surface area (Å²) in [6.07, 6.45) is 1.26. The number of carbonyl (C=O) groups is 1. The van der Waals surface area contributed by atoms with E-state index >= 15 is 0 Å². The van der Waals surface area contributed by atoms with Gasteiger partial charge in [-0.2, -0.15) is 0 Å². The van der Waals surface area contributed by atoms with Crippen molar-refractivity contribution in [2.24, 2.45) is 0 Å². The third kappa shape index (κ3) is 2.88. The Morgan fingerprint density at radius 2 is 2.00 bits per heavy atom. The molecule has 5 heteroatoms. The summed E-state index contributed by atoms with van der Waals surface area (Å²) in [5, 5.41) is 6.21. The number of aryl methyl sites for hydroxylation is 2. The Bertz CT molecular complexity index is 728. The molecular weight excluding hydrogens is 330 g/mol. The van der Waals surface area contributed by atoms with Crippen LogP contribution in [-0.4, -0.2) is 5.91 Å². The largest absolute Gasteiger partial charge is 0.397 e. The lowest BCUT2D eigenvalue weighted by molar-refractivity contribution is -0.116. The Labute approximate surface area is 131 Å². The number of amides is 1. The number of rotatable bonds is 2. The number of nitrogens with one attached hydrogen (secondary N) is 2. The van der Waals surface area contributed by atoms with Crippen LogP contribution in [0.15, 0.2) is 34.8 Å². The average molecular weight is 346 g/mol. The molecule has 108 valence electrons. The third-order valence-electron chi connectivity index (χ3n) is 3.56. The third-order valence-corrected chi connectivity index (χ3v) is 4.25. The number of benzene rings is 2. The zero-order chi connectivity index (χ0) is 15.0. The van der Waals surface area contributed by atoms with Crippen LogP contribution in [0.5, 0.6) is 0 Å². The van der Waals surface area contributed by atoms with Crippen LogP contribution in [0.25, 0.3) is 0 Å². The van der Waals surface area contributed by atoms with E-state index in [0.717, 1.165) is 33.5 Å². The molecule has 1 aliphatic heterocycles. The Balaban J connectivity index is 1.96. The van der Waals surface area contributed by atoms with E-state index in [-0.39, 0.29) is 5.91 Å². The van der Waals surface area contributed by atoms with Crippen LogP contribution in [0.2, 0.25) is 0 Å². The second kappa shape index (κ2) is 5.41. The van der Waals surface area contributed by atoms with Crippen molar-refractivity contribution in [2.75, 3.05) is 16.4 Å². The Morgan fingerprint density at radius 1 is 1.19 bits per heavy atom. The first kappa shape index (κ1) is 13.9. The first-order chi connectivity index (χ1) is 10.0. The summed E-state index contributed by atoms with van der Waals surface area (Å²) in [4.78, 5) is 11.4. The van der Waals surface area contributed by atoms with Crippen molar-refractivity contribution >= 4 is 44.6 Å².